The number of nitrogens with zero attached hydrogens (tertiary/aromatic N) is 1. The number of aryl methyl sites for hydroxylation is 1. The summed E-state index contributed by atoms with van der Waals surface area (Å²) in [5.74, 6) is -0.825. The number of rotatable bonds is 5. The Morgan fingerprint density at radius 2 is 1.83 bits per heavy atom. The third kappa shape index (κ3) is 4.37. The number of nitrogens with one attached hydrogen (secondary N) is 2. The molecule has 0 aliphatic rings. The minimum Gasteiger partial charge on any atom is -0.343 e. The molecule has 2 amide bonds. The van der Waals surface area contributed by atoms with Crippen LogP contribution in [0.15, 0.2) is 48.5 Å². The topological polar surface area (TPSA) is 101 Å². The summed E-state index contributed by atoms with van der Waals surface area (Å²) in [6, 6.07) is 12.9. The lowest BCUT2D eigenvalue weighted by atomic mass is 10.1. The Bertz CT molecular complexity index is 744. The van der Waals surface area contributed by atoms with Crippen LogP contribution in [0.1, 0.15) is 15.9 Å². The molecule has 0 saturated heterocycles. The second-order valence-electron chi connectivity index (χ2n) is 4.86. The van der Waals surface area contributed by atoms with Gasteiger partial charge in [0, 0.05) is 22.9 Å². The zero-order valence-corrected chi connectivity index (χ0v) is 12.4. The first-order chi connectivity index (χ1) is 11.0. The number of para-hydroxylation sites is 1. The molecule has 118 valence electrons. The second kappa shape index (κ2) is 7.17. The fourth-order valence-electron chi connectivity index (χ4n) is 1.99. The molecule has 0 atom stereocenters. The first-order valence-electron chi connectivity index (χ1n) is 6.85. The zero-order valence-electron chi connectivity index (χ0n) is 12.4. The minimum absolute atomic E-state index is 0.0524. The first kappa shape index (κ1) is 16.2. The van der Waals surface area contributed by atoms with Crippen molar-refractivity contribution in [2.75, 3.05) is 11.9 Å². The molecule has 0 saturated carbocycles. The molecule has 2 rings (SSSR count). The normalized spacial score (nSPS) is 9.96. The lowest BCUT2D eigenvalue weighted by Gasteiger charge is -2.07. The highest BCUT2D eigenvalue weighted by Crippen LogP contribution is 2.18. The standard InChI is InChI=1S/C16H15N3O4/c1-11-9-12(7-8-14(11)19(22)23)16(21)17-10-15(20)18-13-5-3-2-4-6-13/h2-9H,10H2,1H3,(H,17,21)(H,18,20). The highest BCUT2D eigenvalue weighted by molar-refractivity contribution is 5.99. The predicted molar refractivity (Wildman–Crippen MR) is 85.2 cm³/mol. The number of hydrogen-bond donors (Lipinski definition) is 2. The number of nitro benzene ring substituents is 1. The number of carbonyl (C=O) groups is 2. The van der Waals surface area contributed by atoms with Gasteiger partial charge in [-0.1, -0.05) is 18.2 Å². The Morgan fingerprint density at radius 1 is 1.13 bits per heavy atom. The van der Waals surface area contributed by atoms with Crippen LogP contribution in [-0.2, 0) is 4.79 Å². The van der Waals surface area contributed by atoms with Gasteiger partial charge in [-0.3, -0.25) is 19.7 Å². The van der Waals surface area contributed by atoms with Crippen LogP contribution in [0.3, 0.4) is 0 Å². The van der Waals surface area contributed by atoms with Gasteiger partial charge in [0.1, 0.15) is 0 Å². The second-order valence-corrected chi connectivity index (χ2v) is 4.86. The Labute approximate surface area is 132 Å². The third-order valence-corrected chi connectivity index (χ3v) is 3.12. The van der Waals surface area contributed by atoms with Gasteiger partial charge in [0.25, 0.3) is 11.6 Å². The van der Waals surface area contributed by atoms with E-state index in [-0.39, 0.29) is 23.7 Å². The van der Waals surface area contributed by atoms with Crippen molar-refractivity contribution in [3.63, 3.8) is 0 Å². The number of anilines is 1. The summed E-state index contributed by atoms with van der Waals surface area (Å²) in [4.78, 5) is 34.0. The average Bonchev–Trinajstić information content (AvgIpc) is 2.53. The molecule has 0 radical (unpaired) electrons. The predicted octanol–water partition coefficient (Wildman–Crippen LogP) is 2.27. The number of amides is 2. The fourth-order valence-corrected chi connectivity index (χ4v) is 1.99. The third-order valence-electron chi connectivity index (χ3n) is 3.12. The van der Waals surface area contributed by atoms with Crippen LogP contribution in [0.2, 0.25) is 0 Å². The lowest BCUT2D eigenvalue weighted by molar-refractivity contribution is -0.385. The smallest absolute Gasteiger partial charge is 0.272 e. The van der Waals surface area contributed by atoms with E-state index in [2.05, 4.69) is 10.6 Å². The zero-order chi connectivity index (χ0) is 16.8. The molecule has 0 unspecified atom stereocenters. The van der Waals surface area contributed by atoms with Crippen LogP contribution < -0.4 is 10.6 Å². The SMILES string of the molecule is Cc1cc(C(=O)NCC(=O)Nc2ccccc2)ccc1[N+](=O)[O-]. The highest BCUT2D eigenvalue weighted by Gasteiger charge is 2.14. The summed E-state index contributed by atoms with van der Waals surface area (Å²) < 4.78 is 0. The van der Waals surface area contributed by atoms with Crippen molar-refractivity contribution in [3.05, 3.63) is 69.8 Å². The van der Waals surface area contributed by atoms with Crippen LogP contribution in [0.5, 0.6) is 0 Å². The molecule has 2 aromatic carbocycles. The van der Waals surface area contributed by atoms with Gasteiger partial charge in [0.2, 0.25) is 5.91 Å². The largest absolute Gasteiger partial charge is 0.343 e. The molecular weight excluding hydrogens is 298 g/mol. The van der Waals surface area contributed by atoms with Crippen LogP contribution in [-0.4, -0.2) is 23.3 Å². The quantitative estimate of drug-likeness (QED) is 0.653. The van der Waals surface area contributed by atoms with Crippen molar-refractivity contribution in [2.24, 2.45) is 0 Å². The molecule has 0 heterocycles. The van der Waals surface area contributed by atoms with E-state index in [1.165, 1.54) is 18.2 Å². The molecule has 7 nitrogen and oxygen atoms in total. The van der Waals surface area contributed by atoms with Crippen molar-refractivity contribution >= 4 is 23.2 Å². The van der Waals surface area contributed by atoms with E-state index in [1.807, 2.05) is 6.07 Å². The number of hydrogen-bond acceptors (Lipinski definition) is 4. The minimum atomic E-state index is -0.510. The van der Waals surface area contributed by atoms with E-state index in [1.54, 1.807) is 31.2 Å². The molecule has 7 heteroatoms. The summed E-state index contributed by atoms with van der Waals surface area (Å²) in [6.07, 6.45) is 0. The number of nitro groups is 1. The van der Waals surface area contributed by atoms with Crippen LogP contribution in [0, 0.1) is 17.0 Å². The Balaban J connectivity index is 1.93. The average molecular weight is 313 g/mol. The Morgan fingerprint density at radius 3 is 2.43 bits per heavy atom. The molecule has 0 spiro atoms. The van der Waals surface area contributed by atoms with Crippen molar-refractivity contribution < 1.29 is 14.5 Å². The molecule has 2 aromatic rings. The van der Waals surface area contributed by atoms with Gasteiger partial charge < -0.3 is 10.6 Å². The number of carbonyl (C=O) groups excluding carboxylic acids is 2. The molecule has 2 N–H and O–H groups in total. The summed E-state index contributed by atoms with van der Waals surface area (Å²) in [5.41, 5.74) is 1.23. The fraction of sp³-hybridized carbons (Fsp3) is 0.125. The van der Waals surface area contributed by atoms with Crippen molar-refractivity contribution in [3.8, 4) is 0 Å². The molecule has 0 aliphatic carbocycles. The van der Waals surface area contributed by atoms with E-state index in [4.69, 9.17) is 0 Å². The maximum atomic E-state index is 12.0. The molecule has 0 bridgehead atoms. The van der Waals surface area contributed by atoms with Gasteiger partial charge in [0.15, 0.2) is 0 Å². The van der Waals surface area contributed by atoms with Gasteiger partial charge in [-0.05, 0) is 31.2 Å². The Kier molecular flexibility index (Phi) is 5.03. The van der Waals surface area contributed by atoms with E-state index in [0.29, 0.717) is 11.3 Å². The van der Waals surface area contributed by atoms with E-state index in [9.17, 15) is 19.7 Å². The van der Waals surface area contributed by atoms with Crippen molar-refractivity contribution in [2.45, 2.75) is 6.92 Å². The molecule has 23 heavy (non-hydrogen) atoms. The van der Waals surface area contributed by atoms with Gasteiger partial charge in [0.05, 0.1) is 11.5 Å². The number of benzene rings is 2. The van der Waals surface area contributed by atoms with Crippen LogP contribution >= 0.6 is 0 Å². The maximum absolute atomic E-state index is 12.0. The maximum Gasteiger partial charge on any atom is 0.272 e. The first-order valence-corrected chi connectivity index (χ1v) is 6.85. The lowest BCUT2D eigenvalue weighted by Crippen LogP contribution is -2.32. The Hall–Kier alpha value is -3.22. The summed E-state index contributed by atoms with van der Waals surface area (Å²) in [6.45, 7) is 1.36. The van der Waals surface area contributed by atoms with Crippen LogP contribution in [0.4, 0.5) is 11.4 Å². The van der Waals surface area contributed by atoms with Crippen molar-refractivity contribution in [1.29, 1.82) is 0 Å². The van der Waals surface area contributed by atoms with Gasteiger partial charge in [-0.25, -0.2) is 0 Å². The molecule has 0 aromatic heterocycles. The summed E-state index contributed by atoms with van der Waals surface area (Å²) >= 11 is 0. The van der Waals surface area contributed by atoms with E-state index in [0.717, 1.165) is 0 Å². The van der Waals surface area contributed by atoms with Gasteiger partial charge in [-0.15, -0.1) is 0 Å². The van der Waals surface area contributed by atoms with Gasteiger partial charge in [-0.2, -0.15) is 0 Å². The highest BCUT2D eigenvalue weighted by atomic mass is 16.6. The summed E-state index contributed by atoms with van der Waals surface area (Å²) in [7, 11) is 0. The van der Waals surface area contributed by atoms with Gasteiger partial charge >= 0.3 is 0 Å². The monoisotopic (exact) mass is 313 g/mol. The molecule has 0 aliphatic heterocycles. The summed E-state index contributed by atoms with van der Waals surface area (Å²) in [5, 5.41) is 15.9. The van der Waals surface area contributed by atoms with E-state index >= 15 is 0 Å². The van der Waals surface area contributed by atoms with Crippen LogP contribution in [0.25, 0.3) is 0 Å². The van der Waals surface area contributed by atoms with E-state index < -0.39 is 10.8 Å². The van der Waals surface area contributed by atoms with Crippen molar-refractivity contribution in [1.82, 2.24) is 5.32 Å². The molecular formula is C16H15N3O4. The molecule has 0 fully saturated rings.